The first-order valence-electron chi connectivity index (χ1n) is 6.18. The number of H-pyrrole nitrogens is 1. The fourth-order valence-electron chi connectivity index (χ4n) is 2.50. The Labute approximate surface area is 117 Å². The third-order valence-electron chi connectivity index (χ3n) is 3.57. The van der Waals surface area contributed by atoms with Gasteiger partial charge in [-0.2, -0.15) is 0 Å². The van der Waals surface area contributed by atoms with E-state index >= 15 is 0 Å². The summed E-state index contributed by atoms with van der Waals surface area (Å²) in [6.45, 7) is 0. The second kappa shape index (κ2) is 4.97. The van der Waals surface area contributed by atoms with Crippen molar-refractivity contribution in [3.63, 3.8) is 0 Å². The molecule has 8 heteroatoms. The van der Waals surface area contributed by atoms with Crippen LogP contribution in [0.15, 0.2) is 27.5 Å². The molecular formula is C12H13N3O4S. The summed E-state index contributed by atoms with van der Waals surface area (Å²) in [5, 5.41) is 19.5. The van der Waals surface area contributed by atoms with Crippen LogP contribution in [0.2, 0.25) is 0 Å². The largest absolute Gasteiger partial charge is 0.390 e. The van der Waals surface area contributed by atoms with Gasteiger partial charge in [0.1, 0.15) is 6.10 Å². The zero-order valence-electron chi connectivity index (χ0n) is 10.4. The van der Waals surface area contributed by atoms with Gasteiger partial charge in [-0.15, -0.1) is 11.3 Å². The summed E-state index contributed by atoms with van der Waals surface area (Å²) < 4.78 is 1.29. The highest BCUT2D eigenvalue weighted by atomic mass is 32.1. The van der Waals surface area contributed by atoms with Crippen molar-refractivity contribution in [2.24, 2.45) is 0 Å². The Balaban J connectivity index is 2.11. The molecule has 0 unspecified atom stereocenters. The highest BCUT2D eigenvalue weighted by Crippen LogP contribution is 2.30. The lowest BCUT2D eigenvalue weighted by atomic mass is 10.2. The Kier molecular flexibility index (Phi) is 3.28. The summed E-state index contributed by atoms with van der Waals surface area (Å²) in [6, 6.07) is -0.527. The van der Waals surface area contributed by atoms with E-state index in [1.54, 1.807) is 11.7 Å². The zero-order chi connectivity index (χ0) is 14.3. The Hall–Kier alpha value is -1.77. The SMILES string of the molecule is O=c1[nH]c(=O)n([C@@H]2CC[C@@H](O)[C@H]2O)cc1-c1cncs1. The van der Waals surface area contributed by atoms with E-state index in [0.29, 0.717) is 23.3 Å². The van der Waals surface area contributed by atoms with Gasteiger partial charge in [0.25, 0.3) is 5.56 Å². The van der Waals surface area contributed by atoms with Crippen molar-refractivity contribution in [2.45, 2.75) is 31.1 Å². The van der Waals surface area contributed by atoms with Crippen molar-refractivity contribution in [3.8, 4) is 10.4 Å². The van der Waals surface area contributed by atoms with Crippen LogP contribution in [0.5, 0.6) is 0 Å². The average Bonchev–Trinajstić information content (AvgIpc) is 3.03. The van der Waals surface area contributed by atoms with Crippen molar-refractivity contribution in [1.29, 1.82) is 0 Å². The minimum atomic E-state index is -1.01. The Morgan fingerprint density at radius 1 is 1.35 bits per heavy atom. The van der Waals surface area contributed by atoms with Crippen LogP contribution in [0.1, 0.15) is 18.9 Å². The molecule has 0 bridgehead atoms. The number of rotatable bonds is 2. The van der Waals surface area contributed by atoms with Gasteiger partial charge in [0, 0.05) is 12.4 Å². The molecule has 0 aromatic carbocycles. The van der Waals surface area contributed by atoms with E-state index in [9.17, 15) is 19.8 Å². The predicted molar refractivity (Wildman–Crippen MR) is 72.7 cm³/mol. The lowest BCUT2D eigenvalue weighted by Crippen LogP contribution is -2.37. The molecule has 0 radical (unpaired) electrons. The van der Waals surface area contributed by atoms with Gasteiger partial charge in [-0.05, 0) is 12.8 Å². The Morgan fingerprint density at radius 2 is 2.15 bits per heavy atom. The highest BCUT2D eigenvalue weighted by Gasteiger charge is 2.35. The van der Waals surface area contributed by atoms with E-state index < -0.39 is 29.5 Å². The molecule has 3 rings (SSSR count). The summed E-state index contributed by atoms with van der Waals surface area (Å²) in [7, 11) is 0. The average molecular weight is 295 g/mol. The number of nitrogens with zero attached hydrogens (tertiary/aromatic N) is 2. The predicted octanol–water partition coefficient (Wildman–Crippen LogP) is -0.283. The summed E-state index contributed by atoms with van der Waals surface area (Å²) in [5.74, 6) is 0. The van der Waals surface area contributed by atoms with Gasteiger partial charge in [0.2, 0.25) is 0 Å². The molecule has 2 aromatic rings. The second-order valence-corrected chi connectivity index (χ2v) is 5.66. The fraction of sp³-hybridized carbons (Fsp3) is 0.417. The van der Waals surface area contributed by atoms with E-state index in [1.807, 2.05) is 0 Å². The van der Waals surface area contributed by atoms with Gasteiger partial charge in [0.15, 0.2) is 0 Å². The topological polar surface area (TPSA) is 108 Å². The number of aliphatic hydroxyl groups excluding tert-OH is 2. The van der Waals surface area contributed by atoms with E-state index in [1.165, 1.54) is 22.1 Å². The molecule has 1 fully saturated rings. The molecule has 20 heavy (non-hydrogen) atoms. The number of nitrogens with one attached hydrogen (secondary N) is 1. The van der Waals surface area contributed by atoms with E-state index in [2.05, 4.69) is 9.97 Å². The maximum atomic E-state index is 11.9. The van der Waals surface area contributed by atoms with Crippen LogP contribution in [0.4, 0.5) is 0 Å². The van der Waals surface area contributed by atoms with Gasteiger partial charge in [-0.3, -0.25) is 19.3 Å². The van der Waals surface area contributed by atoms with Crippen molar-refractivity contribution >= 4 is 11.3 Å². The van der Waals surface area contributed by atoms with Crippen LogP contribution in [-0.4, -0.2) is 37.0 Å². The first kappa shape index (κ1) is 13.2. The van der Waals surface area contributed by atoms with Crippen LogP contribution >= 0.6 is 11.3 Å². The number of aromatic amines is 1. The first-order chi connectivity index (χ1) is 9.58. The van der Waals surface area contributed by atoms with Crippen molar-refractivity contribution in [1.82, 2.24) is 14.5 Å². The number of hydrogen-bond acceptors (Lipinski definition) is 6. The first-order valence-corrected chi connectivity index (χ1v) is 7.06. The van der Waals surface area contributed by atoms with Gasteiger partial charge in [-0.1, -0.05) is 0 Å². The Morgan fingerprint density at radius 3 is 2.75 bits per heavy atom. The summed E-state index contributed by atoms with van der Waals surface area (Å²) in [5.41, 5.74) is 0.865. The molecular weight excluding hydrogens is 282 g/mol. The van der Waals surface area contributed by atoms with Crippen LogP contribution in [0.25, 0.3) is 10.4 Å². The molecule has 0 aliphatic heterocycles. The van der Waals surface area contributed by atoms with Gasteiger partial charge >= 0.3 is 5.69 Å². The van der Waals surface area contributed by atoms with E-state index in [4.69, 9.17) is 0 Å². The van der Waals surface area contributed by atoms with E-state index in [0.717, 1.165) is 0 Å². The molecule has 2 heterocycles. The Bertz CT molecular complexity index is 721. The van der Waals surface area contributed by atoms with Gasteiger partial charge in [0.05, 0.1) is 28.1 Å². The molecule has 1 aliphatic rings. The van der Waals surface area contributed by atoms with Crippen LogP contribution < -0.4 is 11.2 Å². The normalized spacial score (nSPS) is 26.0. The van der Waals surface area contributed by atoms with Crippen LogP contribution in [0.3, 0.4) is 0 Å². The molecule has 106 valence electrons. The third kappa shape index (κ3) is 2.11. The minimum Gasteiger partial charge on any atom is -0.390 e. The second-order valence-electron chi connectivity index (χ2n) is 4.78. The third-order valence-corrected chi connectivity index (χ3v) is 4.38. The molecule has 3 atom stereocenters. The molecule has 0 saturated heterocycles. The molecule has 7 nitrogen and oxygen atoms in total. The summed E-state index contributed by atoms with van der Waals surface area (Å²) in [4.78, 5) is 30.6. The number of aliphatic hydroxyl groups is 2. The van der Waals surface area contributed by atoms with Gasteiger partial charge < -0.3 is 10.2 Å². The number of hydrogen-bond donors (Lipinski definition) is 3. The zero-order valence-corrected chi connectivity index (χ0v) is 11.2. The monoisotopic (exact) mass is 295 g/mol. The summed E-state index contributed by atoms with van der Waals surface area (Å²) in [6.07, 6.45) is 2.03. The van der Waals surface area contributed by atoms with Gasteiger partial charge in [-0.25, -0.2) is 4.79 Å². The molecule has 0 amide bonds. The lowest BCUT2D eigenvalue weighted by molar-refractivity contribution is 0.0226. The summed E-state index contributed by atoms with van der Waals surface area (Å²) >= 11 is 1.29. The van der Waals surface area contributed by atoms with Crippen molar-refractivity contribution < 1.29 is 10.2 Å². The quantitative estimate of drug-likeness (QED) is 0.706. The van der Waals surface area contributed by atoms with Crippen molar-refractivity contribution in [3.05, 3.63) is 38.7 Å². The van der Waals surface area contributed by atoms with Crippen molar-refractivity contribution in [2.75, 3.05) is 0 Å². The lowest BCUT2D eigenvalue weighted by Gasteiger charge is -2.19. The highest BCUT2D eigenvalue weighted by molar-refractivity contribution is 7.13. The standard InChI is InChI=1S/C12H13N3O4S/c16-8-2-1-7(10(8)17)15-4-6(9-3-13-5-20-9)11(18)14-12(15)19/h3-5,7-8,10,16-17H,1-2H2,(H,14,18,19)/t7-,8-,10+/m1/s1. The maximum Gasteiger partial charge on any atom is 0.328 e. The molecule has 3 N–H and O–H groups in total. The molecule has 2 aromatic heterocycles. The molecule has 0 spiro atoms. The van der Waals surface area contributed by atoms with Crippen LogP contribution in [-0.2, 0) is 0 Å². The number of thiazole rings is 1. The van der Waals surface area contributed by atoms with E-state index in [-0.39, 0.29) is 0 Å². The molecule has 1 aliphatic carbocycles. The van der Waals surface area contributed by atoms with Crippen LogP contribution in [0, 0.1) is 0 Å². The maximum absolute atomic E-state index is 11.9. The number of aromatic nitrogens is 3. The smallest absolute Gasteiger partial charge is 0.328 e. The minimum absolute atomic E-state index is 0.334. The molecule has 1 saturated carbocycles. The fourth-order valence-corrected chi connectivity index (χ4v) is 3.13.